The number of anilines is 1. The lowest BCUT2D eigenvalue weighted by molar-refractivity contribution is -0.132. The lowest BCUT2D eigenvalue weighted by Gasteiger charge is -2.26. The number of aliphatic hydroxyl groups excluding tert-OH is 1. The molecule has 2 N–H and O–H groups in total. The maximum absolute atomic E-state index is 13.4. The molecule has 1 unspecified atom stereocenters. The average molecular weight is 530 g/mol. The van der Waals surface area contributed by atoms with Crippen LogP contribution in [0.4, 0.5) is 5.69 Å². The van der Waals surface area contributed by atoms with Gasteiger partial charge in [0.1, 0.15) is 17.3 Å². The van der Waals surface area contributed by atoms with E-state index in [4.69, 9.17) is 37.4 Å². The van der Waals surface area contributed by atoms with Gasteiger partial charge in [-0.15, -0.1) is 0 Å². The van der Waals surface area contributed by atoms with Crippen LogP contribution in [0.25, 0.3) is 5.76 Å². The van der Waals surface area contributed by atoms with Crippen molar-refractivity contribution in [2.45, 2.75) is 6.04 Å². The Labute approximate surface area is 216 Å². The predicted molar refractivity (Wildman–Crippen MR) is 135 cm³/mol. The number of hydrogen-bond donors (Lipinski definition) is 2. The summed E-state index contributed by atoms with van der Waals surface area (Å²) < 4.78 is 15.7. The monoisotopic (exact) mass is 529 g/mol. The van der Waals surface area contributed by atoms with E-state index < -0.39 is 23.5 Å². The van der Waals surface area contributed by atoms with Crippen molar-refractivity contribution < 1.29 is 34.0 Å². The minimum absolute atomic E-state index is 0.0788. The number of methoxy groups -OCH3 is 3. The van der Waals surface area contributed by atoms with Gasteiger partial charge < -0.3 is 24.4 Å². The molecule has 0 saturated carbocycles. The first-order valence-electron chi connectivity index (χ1n) is 10.6. The zero-order valence-electron chi connectivity index (χ0n) is 19.4. The normalized spacial score (nSPS) is 16.8. The molecule has 8 nitrogen and oxygen atoms in total. The average Bonchev–Trinajstić information content (AvgIpc) is 3.13. The summed E-state index contributed by atoms with van der Waals surface area (Å²) in [4.78, 5) is 27.9. The number of aromatic hydroxyl groups is 1. The fraction of sp³-hybridized carbons (Fsp3) is 0.154. The summed E-state index contributed by atoms with van der Waals surface area (Å²) in [6.07, 6.45) is 0. The predicted octanol–water partition coefficient (Wildman–Crippen LogP) is 5.35. The van der Waals surface area contributed by atoms with Gasteiger partial charge in [0.2, 0.25) is 0 Å². The molecule has 0 aromatic heterocycles. The van der Waals surface area contributed by atoms with E-state index in [2.05, 4.69) is 0 Å². The second-order valence-electron chi connectivity index (χ2n) is 7.77. The third-order valence-corrected chi connectivity index (χ3v) is 6.31. The first-order valence-corrected chi connectivity index (χ1v) is 11.3. The fourth-order valence-electron chi connectivity index (χ4n) is 4.11. The number of benzene rings is 3. The first-order chi connectivity index (χ1) is 17.2. The van der Waals surface area contributed by atoms with Gasteiger partial charge in [0.15, 0.2) is 11.5 Å². The maximum atomic E-state index is 13.4. The number of ether oxygens (including phenoxy) is 3. The fourth-order valence-corrected chi connectivity index (χ4v) is 4.53. The number of halogens is 2. The van der Waals surface area contributed by atoms with E-state index in [0.717, 1.165) is 0 Å². The molecule has 1 aliphatic heterocycles. The number of Topliss-reactive ketones (excluding diaryl/α,β-unsaturated/α-hetero) is 1. The zero-order chi connectivity index (χ0) is 26.1. The summed E-state index contributed by atoms with van der Waals surface area (Å²) in [7, 11) is 4.20. The van der Waals surface area contributed by atoms with Gasteiger partial charge in [-0.05, 0) is 42.0 Å². The zero-order valence-corrected chi connectivity index (χ0v) is 20.9. The molecule has 0 aliphatic carbocycles. The van der Waals surface area contributed by atoms with Crippen molar-refractivity contribution in [1.29, 1.82) is 0 Å². The highest BCUT2D eigenvalue weighted by molar-refractivity contribution is 6.52. The summed E-state index contributed by atoms with van der Waals surface area (Å²) in [5, 5.41) is 22.4. The van der Waals surface area contributed by atoms with Crippen LogP contribution in [0.5, 0.6) is 23.0 Å². The molecule has 4 rings (SSSR count). The molecule has 0 spiro atoms. The number of rotatable bonds is 6. The molecule has 1 saturated heterocycles. The van der Waals surface area contributed by atoms with Crippen LogP contribution in [0.1, 0.15) is 17.2 Å². The Kier molecular flexibility index (Phi) is 7.01. The molecule has 1 fully saturated rings. The number of carbonyl (C=O) groups is 2. The van der Waals surface area contributed by atoms with Crippen LogP contribution >= 0.6 is 23.2 Å². The topological polar surface area (TPSA) is 106 Å². The Bertz CT molecular complexity index is 1400. The molecule has 186 valence electrons. The summed E-state index contributed by atoms with van der Waals surface area (Å²) in [6.45, 7) is 0. The summed E-state index contributed by atoms with van der Waals surface area (Å²) in [5.74, 6) is -1.90. The van der Waals surface area contributed by atoms with Gasteiger partial charge in [-0.25, -0.2) is 0 Å². The van der Waals surface area contributed by atoms with Crippen molar-refractivity contribution in [3.63, 3.8) is 0 Å². The van der Waals surface area contributed by atoms with E-state index >= 15 is 0 Å². The van der Waals surface area contributed by atoms with Gasteiger partial charge in [-0.1, -0.05) is 35.3 Å². The van der Waals surface area contributed by atoms with Crippen molar-refractivity contribution in [1.82, 2.24) is 0 Å². The number of phenolic OH excluding ortho intramolecular Hbond substituents is 1. The second kappa shape index (κ2) is 10.0. The molecule has 1 atom stereocenters. The van der Waals surface area contributed by atoms with E-state index in [1.165, 1.54) is 56.6 Å². The highest BCUT2D eigenvalue weighted by atomic mass is 35.5. The molecule has 36 heavy (non-hydrogen) atoms. The number of carbonyl (C=O) groups excluding carboxylic acids is 2. The lowest BCUT2D eigenvalue weighted by atomic mass is 9.94. The Morgan fingerprint density at radius 3 is 2.19 bits per heavy atom. The molecular formula is C26H21Cl2NO7. The Morgan fingerprint density at radius 2 is 1.58 bits per heavy atom. The number of phenols is 1. The Hall–Kier alpha value is -3.88. The Morgan fingerprint density at radius 1 is 0.889 bits per heavy atom. The molecule has 1 heterocycles. The Balaban J connectivity index is 2.01. The molecule has 3 aromatic rings. The van der Waals surface area contributed by atoms with Crippen LogP contribution < -0.4 is 19.1 Å². The van der Waals surface area contributed by atoms with Gasteiger partial charge in [0.25, 0.3) is 11.7 Å². The van der Waals surface area contributed by atoms with Gasteiger partial charge in [0.05, 0.1) is 43.5 Å². The SMILES string of the molecule is COc1ccc(C2/C(=C(\O)c3cc(Cl)c(OC)cc3OC)C(=O)C(=O)N2c2cccc(Cl)c2)cc1O. The third-order valence-electron chi connectivity index (χ3n) is 5.78. The molecule has 1 amide bonds. The quantitative estimate of drug-likeness (QED) is 0.252. The van der Waals surface area contributed by atoms with Gasteiger partial charge in [-0.2, -0.15) is 0 Å². The molecule has 10 heteroatoms. The smallest absolute Gasteiger partial charge is 0.300 e. The number of amides is 1. The minimum atomic E-state index is -1.12. The number of nitrogens with zero attached hydrogens (tertiary/aromatic N) is 1. The molecule has 0 bridgehead atoms. The van der Waals surface area contributed by atoms with E-state index in [-0.39, 0.29) is 33.4 Å². The van der Waals surface area contributed by atoms with E-state index in [1.807, 2.05) is 0 Å². The standard InChI is InChI=1S/C26H21Cl2NO7/c1-34-19-8-7-13(9-18(19)30)23-22(24(31)16-11-17(28)21(36-3)12-20(16)35-2)25(32)26(33)29(23)15-6-4-5-14(27)10-15/h4-12,23,30-31H,1-3H3/b24-22+. The lowest BCUT2D eigenvalue weighted by Crippen LogP contribution is -2.29. The van der Waals surface area contributed by atoms with Crippen LogP contribution in [0.2, 0.25) is 10.0 Å². The largest absolute Gasteiger partial charge is 0.507 e. The summed E-state index contributed by atoms with van der Waals surface area (Å²) in [5.41, 5.74) is 0.510. The van der Waals surface area contributed by atoms with Crippen molar-refractivity contribution in [2.75, 3.05) is 26.2 Å². The molecule has 1 aliphatic rings. The highest BCUT2D eigenvalue weighted by Crippen LogP contribution is 2.46. The summed E-state index contributed by atoms with van der Waals surface area (Å²) >= 11 is 12.4. The van der Waals surface area contributed by atoms with Crippen LogP contribution in [0.15, 0.2) is 60.2 Å². The van der Waals surface area contributed by atoms with Crippen LogP contribution in [0.3, 0.4) is 0 Å². The molecule has 0 radical (unpaired) electrons. The van der Waals surface area contributed by atoms with Crippen LogP contribution in [-0.4, -0.2) is 43.2 Å². The van der Waals surface area contributed by atoms with Gasteiger partial charge >= 0.3 is 0 Å². The van der Waals surface area contributed by atoms with Gasteiger partial charge in [-0.3, -0.25) is 14.5 Å². The van der Waals surface area contributed by atoms with Crippen LogP contribution in [-0.2, 0) is 9.59 Å². The van der Waals surface area contributed by atoms with Crippen molar-refractivity contribution in [3.05, 3.63) is 81.3 Å². The number of ketones is 1. The molecular weight excluding hydrogens is 509 g/mol. The van der Waals surface area contributed by atoms with E-state index in [9.17, 15) is 19.8 Å². The highest BCUT2D eigenvalue weighted by Gasteiger charge is 2.47. The summed E-state index contributed by atoms with van der Waals surface area (Å²) in [6, 6.07) is 12.5. The number of aliphatic hydroxyl groups is 1. The molecule has 3 aromatic carbocycles. The first kappa shape index (κ1) is 25.2. The van der Waals surface area contributed by atoms with E-state index in [0.29, 0.717) is 22.0 Å². The van der Waals surface area contributed by atoms with Crippen molar-refractivity contribution in [3.8, 4) is 23.0 Å². The maximum Gasteiger partial charge on any atom is 0.300 e. The third kappa shape index (κ3) is 4.29. The van der Waals surface area contributed by atoms with Gasteiger partial charge in [0, 0.05) is 16.8 Å². The van der Waals surface area contributed by atoms with Crippen molar-refractivity contribution >= 4 is 46.3 Å². The second-order valence-corrected chi connectivity index (χ2v) is 8.61. The van der Waals surface area contributed by atoms with Crippen LogP contribution in [0, 0.1) is 0 Å². The minimum Gasteiger partial charge on any atom is -0.507 e. The van der Waals surface area contributed by atoms with Crippen molar-refractivity contribution in [2.24, 2.45) is 0 Å². The van der Waals surface area contributed by atoms with E-state index in [1.54, 1.807) is 24.3 Å². The number of hydrogen-bond acceptors (Lipinski definition) is 7.